The molecule has 0 fully saturated rings. The smallest absolute Gasteiger partial charge is 0.150 e. The topological polar surface area (TPSA) is 26.3 Å². The van der Waals surface area contributed by atoms with Gasteiger partial charge in [0.1, 0.15) is 12.0 Å². The zero-order chi connectivity index (χ0) is 12.1. The number of hydrogen-bond acceptors (Lipinski definition) is 2. The van der Waals surface area contributed by atoms with Crippen molar-refractivity contribution in [1.82, 2.24) is 0 Å². The first kappa shape index (κ1) is 11.6. The van der Waals surface area contributed by atoms with Gasteiger partial charge < -0.3 is 4.74 Å². The number of carbonyl (C=O) groups is 1. The molecule has 2 aromatic carbocycles. The molecule has 2 rings (SSSR count). The van der Waals surface area contributed by atoms with Crippen molar-refractivity contribution in [2.75, 3.05) is 6.61 Å². The van der Waals surface area contributed by atoms with Crippen molar-refractivity contribution >= 4 is 17.1 Å². The Labute approximate surface area is 101 Å². The van der Waals surface area contributed by atoms with E-state index in [1.165, 1.54) is 0 Å². The van der Waals surface area contributed by atoms with Crippen molar-refractivity contribution < 1.29 is 9.53 Å². The first-order chi connectivity index (χ1) is 8.33. The summed E-state index contributed by atoms with van der Waals surface area (Å²) in [4.78, 5) is 10.7. The van der Waals surface area contributed by atoms with Gasteiger partial charge in [0.05, 0.1) is 6.61 Å². The van der Waals surface area contributed by atoms with Crippen molar-refractivity contribution in [2.45, 2.75) is 19.8 Å². The Morgan fingerprint density at radius 3 is 2.71 bits per heavy atom. The molecule has 0 aliphatic carbocycles. The van der Waals surface area contributed by atoms with Crippen molar-refractivity contribution in [3.63, 3.8) is 0 Å². The second kappa shape index (κ2) is 5.48. The summed E-state index contributed by atoms with van der Waals surface area (Å²) in [7, 11) is 0. The van der Waals surface area contributed by atoms with Gasteiger partial charge in [-0.3, -0.25) is 4.79 Å². The Kier molecular flexibility index (Phi) is 3.76. The zero-order valence-corrected chi connectivity index (χ0v) is 9.98. The lowest BCUT2D eigenvalue weighted by Crippen LogP contribution is -1.96. The summed E-state index contributed by atoms with van der Waals surface area (Å²) in [6.07, 6.45) is 3.05. The number of carbonyl (C=O) groups excluding carboxylic acids is 1. The Bertz CT molecular complexity index is 517. The minimum atomic E-state index is 0.697. The SMILES string of the molecule is CCCCOc1ccc2ccc(C=O)cc2c1. The van der Waals surface area contributed by atoms with E-state index in [0.29, 0.717) is 5.56 Å². The third-order valence-corrected chi connectivity index (χ3v) is 2.74. The van der Waals surface area contributed by atoms with Crippen LogP contribution in [0.4, 0.5) is 0 Å². The summed E-state index contributed by atoms with van der Waals surface area (Å²) in [5, 5.41) is 2.17. The van der Waals surface area contributed by atoms with Crippen LogP contribution in [0.5, 0.6) is 5.75 Å². The Balaban J connectivity index is 2.25. The largest absolute Gasteiger partial charge is 0.494 e. The van der Waals surface area contributed by atoms with Crippen LogP contribution in [0.1, 0.15) is 30.1 Å². The molecule has 0 aromatic heterocycles. The van der Waals surface area contributed by atoms with Gasteiger partial charge in [-0.2, -0.15) is 0 Å². The zero-order valence-electron chi connectivity index (χ0n) is 9.98. The van der Waals surface area contributed by atoms with Gasteiger partial charge in [-0.1, -0.05) is 31.5 Å². The fourth-order valence-electron chi connectivity index (χ4n) is 1.74. The Morgan fingerprint density at radius 1 is 1.12 bits per heavy atom. The van der Waals surface area contributed by atoms with Crippen LogP contribution < -0.4 is 4.74 Å². The van der Waals surface area contributed by atoms with E-state index in [9.17, 15) is 4.79 Å². The van der Waals surface area contributed by atoms with E-state index in [1.54, 1.807) is 0 Å². The van der Waals surface area contributed by atoms with E-state index in [-0.39, 0.29) is 0 Å². The quantitative estimate of drug-likeness (QED) is 0.574. The number of benzene rings is 2. The van der Waals surface area contributed by atoms with Crippen LogP contribution in [0.2, 0.25) is 0 Å². The van der Waals surface area contributed by atoms with E-state index in [0.717, 1.165) is 42.3 Å². The minimum Gasteiger partial charge on any atom is -0.494 e. The second-order valence-corrected chi connectivity index (χ2v) is 4.09. The molecule has 0 amide bonds. The van der Waals surface area contributed by atoms with Crippen molar-refractivity contribution in [2.24, 2.45) is 0 Å². The fourth-order valence-corrected chi connectivity index (χ4v) is 1.74. The Morgan fingerprint density at radius 2 is 1.94 bits per heavy atom. The lowest BCUT2D eigenvalue weighted by molar-refractivity contribution is 0.112. The van der Waals surface area contributed by atoms with E-state index >= 15 is 0 Å². The summed E-state index contributed by atoms with van der Waals surface area (Å²) >= 11 is 0. The molecule has 2 aromatic rings. The molecule has 0 bridgehead atoms. The Hall–Kier alpha value is -1.83. The predicted molar refractivity (Wildman–Crippen MR) is 69.7 cm³/mol. The van der Waals surface area contributed by atoms with E-state index in [1.807, 2.05) is 36.4 Å². The van der Waals surface area contributed by atoms with E-state index < -0.39 is 0 Å². The molecule has 0 N–H and O–H groups in total. The van der Waals surface area contributed by atoms with Crippen molar-refractivity contribution in [3.05, 3.63) is 42.0 Å². The van der Waals surface area contributed by atoms with Gasteiger partial charge in [0.15, 0.2) is 0 Å². The predicted octanol–water partition coefficient (Wildman–Crippen LogP) is 3.83. The van der Waals surface area contributed by atoms with Crippen LogP contribution in [0.25, 0.3) is 10.8 Å². The molecule has 0 saturated carbocycles. The van der Waals surface area contributed by atoms with Gasteiger partial charge >= 0.3 is 0 Å². The molecule has 0 saturated heterocycles. The van der Waals surface area contributed by atoms with Gasteiger partial charge in [0.25, 0.3) is 0 Å². The second-order valence-electron chi connectivity index (χ2n) is 4.09. The van der Waals surface area contributed by atoms with Crippen LogP contribution in [0, 0.1) is 0 Å². The molecule has 0 aliphatic heterocycles. The highest BCUT2D eigenvalue weighted by molar-refractivity contribution is 5.89. The monoisotopic (exact) mass is 228 g/mol. The summed E-state index contributed by atoms with van der Waals surface area (Å²) in [5.74, 6) is 0.869. The minimum absolute atomic E-state index is 0.697. The summed E-state index contributed by atoms with van der Waals surface area (Å²) in [6.45, 7) is 2.88. The standard InChI is InChI=1S/C15H16O2/c1-2-3-8-17-15-7-6-13-5-4-12(11-16)9-14(13)10-15/h4-7,9-11H,2-3,8H2,1H3. The lowest BCUT2D eigenvalue weighted by atomic mass is 10.1. The molecule has 0 aliphatic rings. The van der Waals surface area contributed by atoms with Gasteiger partial charge in [-0.15, -0.1) is 0 Å². The number of unbranched alkanes of at least 4 members (excludes halogenated alkanes) is 1. The van der Waals surface area contributed by atoms with Crippen molar-refractivity contribution in [1.29, 1.82) is 0 Å². The highest BCUT2D eigenvalue weighted by atomic mass is 16.5. The van der Waals surface area contributed by atoms with E-state index in [4.69, 9.17) is 4.74 Å². The number of rotatable bonds is 5. The molecule has 88 valence electrons. The average molecular weight is 228 g/mol. The maximum atomic E-state index is 10.7. The van der Waals surface area contributed by atoms with Crippen LogP contribution in [0.3, 0.4) is 0 Å². The first-order valence-electron chi connectivity index (χ1n) is 5.95. The van der Waals surface area contributed by atoms with Gasteiger partial charge in [-0.25, -0.2) is 0 Å². The van der Waals surface area contributed by atoms with Gasteiger partial charge in [0, 0.05) is 5.56 Å². The number of hydrogen-bond donors (Lipinski definition) is 0. The maximum Gasteiger partial charge on any atom is 0.150 e. The first-order valence-corrected chi connectivity index (χ1v) is 5.95. The summed E-state index contributed by atoms with van der Waals surface area (Å²) in [6, 6.07) is 11.6. The lowest BCUT2D eigenvalue weighted by Gasteiger charge is -2.06. The summed E-state index contributed by atoms with van der Waals surface area (Å²) in [5.41, 5.74) is 0.697. The van der Waals surface area contributed by atoms with Gasteiger partial charge in [-0.05, 0) is 35.4 Å². The number of aldehydes is 1. The molecule has 17 heavy (non-hydrogen) atoms. The third kappa shape index (κ3) is 2.84. The molecular weight excluding hydrogens is 212 g/mol. The van der Waals surface area contributed by atoms with E-state index in [2.05, 4.69) is 6.92 Å². The van der Waals surface area contributed by atoms with Crippen LogP contribution in [-0.4, -0.2) is 12.9 Å². The van der Waals surface area contributed by atoms with Crippen molar-refractivity contribution in [3.8, 4) is 5.75 Å². The molecule has 2 heteroatoms. The molecule has 0 spiro atoms. The van der Waals surface area contributed by atoms with Crippen LogP contribution in [-0.2, 0) is 0 Å². The maximum absolute atomic E-state index is 10.7. The highest BCUT2D eigenvalue weighted by Gasteiger charge is 1.99. The third-order valence-electron chi connectivity index (χ3n) is 2.74. The normalized spacial score (nSPS) is 10.4. The molecule has 0 unspecified atom stereocenters. The van der Waals surface area contributed by atoms with Gasteiger partial charge in [0.2, 0.25) is 0 Å². The number of ether oxygens (including phenoxy) is 1. The molecule has 0 atom stereocenters. The molecule has 0 heterocycles. The highest BCUT2D eigenvalue weighted by Crippen LogP contribution is 2.21. The molecular formula is C15H16O2. The van der Waals surface area contributed by atoms with Crippen LogP contribution >= 0.6 is 0 Å². The molecule has 2 nitrogen and oxygen atoms in total. The number of fused-ring (bicyclic) bond motifs is 1. The molecule has 0 radical (unpaired) electrons. The fraction of sp³-hybridized carbons (Fsp3) is 0.267. The average Bonchev–Trinajstić information content (AvgIpc) is 2.38. The van der Waals surface area contributed by atoms with Crippen LogP contribution in [0.15, 0.2) is 36.4 Å². The summed E-state index contributed by atoms with van der Waals surface area (Å²) < 4.78 is 5.64.